The number of fused-ring (bicyclic) bond motifs is 1. The van der Waals surface area contributed by atoms with E-state index in [1.807, 2.05) is 31.2 Å². The molecule has 3 rings (SSSR count). The normalized spacial score (nSPS) is 15.9. The molecule has 1 aliphatic rings. The van der Waals surface area contributed by atoms with E-state index in [1.165, 1.54) is 5.06 Å². The minimum absolute atomic E-state index is 0.286. The van der Waals surface area contributed by atoms with Crippen molar-refractivity contribution in [1.29, 1.82) is 0 Å². The number of ether oxygens (including phenoxy) is 2. The molecule has 30 heavy (non-hydrogen) atoms. The largest absolute Gasteiger partial charge is 0.527 e. The van der Waals surface area contributed by atoms with Crippen molar-refractivity contribution in [2.24, 2.45) is 0 Å². The molecule has 0 saturated carbocycles. The first-order valence-corrected chi connectivity index (χ1v) is 10.2. The van der Waals surface area contributed by atoms with Gasteiger partial charge in [0.2, 0.25) is 0 Å². The molecule has 1 atom stereocenters. The third-order valence-corrected chi connectivity index (χ3v) is 5.00. The van der Waals surface area contributed by atoms with E-state index >= 15 is 0 Å². The van der Waals surface area contributed by atoms with E-state index in [9.17, 15) is 9.59 Å². The van der Waals surface area contributed by atoms with E-state index in [4.69, 9.17) is 31.0 Å². The molecule has 2 aromatic carbocycles. The van der Waals surface area contributed by atoms with Crippen LogP contribution < -0.4 is 4.74 Å². The molecular weight excluding hydrogens is 410 g/mol. The fourth-order valence-corrected chi connectivity index (χ4v) is 3.57. The molecule has 0 radical (unpaired) electrons. The smallest absolute Gasteiger partial charge is 0.482 e. The van der Waals surface area contributed by atoms with Gasteiger partial charge in [0.1, 0.15) is 5.75 Å². The van der Waals surface area contributed by atoms with Crippen LogP contribution >= 0.6 is 11.6 Å². The summed E-state index contributed by atoms with van der Waals surface area (Å²) in [6.07, 6.45) is 1.56. The van der Waals surface area contributed by atoms with Crippen molar-refractivity contribution < 1.29 is 29.0 Å². The van der Waals surface area contributed by atoms with Gasteiger partial charge < -0.3 is 19.4 Å². The molecular formula is C22H24ClNO6. The Morgan fingerprint density at radius 1 is 1.20 bits per heavy atom. The van der Waals surface area contributed by atoms with E-state index in [0.29, 0.717) is 29.3 Å². The lowest BCUT2D eigenvalue weighted by molar-refractivity contribution is -0.151. The van der Waals surface area contributed by atoms with E-state index in [0.717, 1.165) is 24.0 Å². The average Bonchev–Trinajstić information content (AvgIpc) is 2.73. The molecule has 0 fully saturated rings. The van der Waals surface area contributed by atoms with Crippen molar-refractivity contribution in [3.63, 3.8) is 0 Å². The molecule has 1 aliphatic heterocycles. The van der Waals surface area contributed by atoms with E-state index in [2.05, 4.69) is 0 Å². The van der Waals surface area contributed by atoms with Crippen LogP contribution in [0, 0.1) is 0 Å². The summed E-state index contributed by atoms with van der Waals surface area (Å²) < 4.78 is 10.7. The number of unbranched alkanes of at least 4 members (excludes halogenated alkanes) is 1. The van der Waals surface area contributed by atoms with Crippen LogP contribution in [0.4, 0.5) is 4.79 Å². The third kappa shape index (κ3) is 5.43. The maximum absolute atomic E-state index is 12.2. The van der Waals surface area contributed by atoms with Crippen molar-refractivity contribution in [1.82, 2.24) is 5.06 Å². The Morgan fingerprint density at radius 3 is 2.77 bits per heavy atom. The fourth-order valence-electron chi connectivity index (χ4n) is 3.39. The van der Waals surface area contributed by atoms with Gasteiger partial charge in [0, 0.05) is 17.1 Å². The first kappa shape index (κ1) is 21.9. The molecule has 0 bridgehead atoms. The Hall–Kier alpha value is -2.77. The molecule has 0 saturated heterocycles. The van der Waals surface area contributed by atoms with Crippen LogP contribution in [0.15, 0.2) is 42.5 Å². The monoisotopic (exact) mass is 433 g/mol. The Balaban J connectivity index is 1.95. The first-order chi connectivity index (χ1) is 14.5. The molecule has 7 nitrogen and oxygen atoms in total. The Kier molecular flexibility index (Phi) is 7.54. The number of hydroxylamine groups is 2. The van der Waals surface area contributed by atoms with Gasteiger partial charge in [0.05, 0.1) is 12.6 Å². The van der Waals surface area contributed by atoms with Gasteiger partial charge in [0.25, 0.3) is 0 Å². The summed E-state index contributed by atoms with van der Waals surface area (Å²) in [7, 11) is 0. The van der Waals surface area contributed by atoms with Crippen molar-refractivity contribution >= 4 is 23.7 Å². The lowest BCUT2D eigenvalue weighted by atomic mass is 9.89. The van der Waals surface area contributed by atoms with Gasteiger partial charge in [-0.2, -0.15) is 0 Å². The highest BCUT2D eigenvalue weighted by atomic mass is 35.5. The second kappa shape index (κ2) is 10.3. The number of hydrogen-bond donors (Lipinski definition) is 1. The summed E-state index contributed by atoms with van der Waals surface area (Å²) in [6, 6.07) is 12.2. The second-order valence-electron chi connectivity index (χ2n) is 6.90. The van der Waals surface area contributed by atoms with Gasteiger partial charge >= 0.3 is 12.1 Å². The zero-order valence-electron chi connectivity index (χ0n) is 16.7. The minimum Gasteiger partial charge on any atom is -0.482 e. The number of carbonyl (C=O) groups is 2. The number of carboxylic acid groups (broad SMARTS) is 1. The van der Waals surface area contributed by atoms with Crippen molar-refractivity contribution in [3.8, 4) is 5.75 Å². The standard InChI is InChI=1S/C22H24ClNO6/c1-2-3-12-28-22(27)30-24-11-10-15-6-4-5-7-17(15)21(24)18-13-16(23)8-9-19(18)29-14-20(25)26/h4-9,13,21H,2-3,10-12,14H2,1H3,(H,25,26). The van der Waals surface area contributed by atoms with Crippen LogP contribution in [0.2, 0.25) is 5.02 Å². The molecule has 1 heterocycles. The summed E-state index contributed by atoms with van der Waals surface area (Å²) in [5, 5.41) is 11.0. The SMILES string of the molecule is CCCCOC(=O)ON1CCc2ccccc2C1c1cc(Cl)ccc1OCC(=O)O. The number of hydrogen-bond acceptors (Lipinski definition) is 6. The van der Waals surface area contributed by atoms with E-state index in [1.54, 1.807) is 18.2 Å². The number of benzene rings is 2. The third-order valence-electron chi connectivity index (χ3n) is 4.77. The second-order valence-corrected chi connectivity index (χ2v) is 7.34. The highest BCUT2D eigenvalue weighted by Gasteiger charge is 2.34. The molecule has 1 N–H and O–H groups in total. The predicted octanol–water partition coefficient (Wildman–Crippen LogP) is 4.62. The molecule has 2 aromatic rings. The maximum Gasteiger partial charge on any atom is 0.527 e. The van der Waals surface area contributed by atoms with Crippen LogP contribution in [0.3, 0.4) is 0 Å². The molecule has 0 aromatic heterocycles. The van der Waals surface area contributed by atoms with Crippen LogP contribution in [-0.2, 0) is 20.8 Å². The van der Waals surface area contributed by atoms with Crippen molar-refractivity contribution in [2.75, 3.05) is 19.8 Å². The van der Waals surface area contributed by atoms with Crippen LogP contribution in [0.1, 0.15) is 42.5 Å². The predicted molar refractivity (Wildman–Crippen MR) is 111 cm³/mol. The molecule has 160 valence electrons. The number of rotatable bonds is 8. The van der Waals surface area contributed by atoms with Crippen molar-refractivity contribution in [3.05, 3.63) is 64.2 Å². The van der Waals surface area contributed by atoms with Gasteiger partial charge in [-0.05, 0) is 42.2 Å². The summed E-state index contributed by atoms with van der Waals surface area (Å²) >= 11 is 6.24. The highest BCUT2D eigenvalue weighted by Crippen LogP contribution is 2.40. The summed E-state index contributed by atoms with van der Waals surface area (Å²) in [6.45, 7) is 2.23. The number of carboxylic acids is 1. The highest BCUT2D eigenvalue weighted by molar-refractivity contribution is 6.30. The van der Waals surface area contributed by atoms with Gasteiger partial charge in [-0.25, -0.2) is 9.59 Å². The number of halogens is 1. The minimum atomic E-state index is -1.09. The number of nitrogens with zero attached hydrogens (tertiary/aromatic N) is 1. The topological polar surface area (TPSA) is 85.3 Å². The Bertz CT molecular complexity index is 903. The summed E-state index contributed by atoms with van der Waals surface area (Å²) in [4.78, 5) is 28.8. The number of carbonyl (C=O) groups excluding carboxylic acids is 1. The zero-order chi connectivity index (χ0) is 21.5. The fraction of sp³-hybridized carbons (Fsp3) is 0.364. The van der Waals surface area contributed by atoms with E-state index < -0.39 is 24.8 Å². The lowest BCUT2D eigenvalue weighted by Gasteiger charge is -2.36. The van der Waals surface area contributed by atoms with Crippen LogP contribution in [0.5, 0.6) is 5.75 Å². The van der Waals surface area contributed by atoms with Gasteiger partial charge in [-0.1, -0.05) is 49.2 Å². The van der Waals surface area contributed by atoms with Crippen LogP contribution in [0.25, 0.3) is 0 Å². The average molecular weight is 434 g/mol. The number of aliphatic carboxylic acids is 1. The molecule has 0 aliphatic carbocycles. The Morgan fingerprint density at radius 2 is 2.00 bits per heavy atom. The Labute approximate surface area is 180 Å². The summed E-state index contributed by atoms with van der Waals surface area (Å²) in [5.41, 5.74) is 2.63. The molecule has 8 heteroatoms. The molecule has 0 amide bonds. The lowest BCUT2D eigenvalue weighted by Crippen LogP contribution is -2.38. The van der Waals surface area contributed by atoms with E-state index in [-0.39, 0.29) is 6.61 Å². The van der Waals surface area contributed by atoms with Crippen LogP contribution in [-0.4, -0.2) is 42.1 Å². The quantitative estimate of drug-likeness (QED) is 0.480. The first-order valence-electron chi connectivity index (χ1n) is 9.82. The summed E-state index contributed by atoms with van der Waals surface area (Å²) in [5.74, 6) is -0.732. The van der Waals surface area contributed by atoms with Gasteiger partial charge in [-0.3, -0.25) is 0 Å². The van der Waals surface area contributed by atoms with Gasteiger partial charge in [-0.15, -0.1) is 5.06 Å². The molecule has 0 spiro atoms. The molecule has 1 unspecified atom stereocenters. The zero-order valence-corrected chi connectivity index (χ0v) is 17.4. The van der Waals surface area contributed by atoms with Gasteiger partial charge in [0.15, 0.2) is 6.61 Å². The van der Waals surface area contributed by atoms with Crippen molar-refractivity contribution in [2.45, 2.75) is 32.2 Å². The maximum atomic E-state index is 12.2.